The van der Waals surface area contributed by atoms with E-state index in [1.807, 2.05) is 18.2 Å². The molecule has 1 radical (unpaired) electrons. The first-order valence-corrected chi connectivity index (χ1v) is 6.91. The van der Waals surface area contributed by atoms with Crippen LogP contribution in [0.5, 0.6) is 0 Å². The third kappa shape index (κ3) is 2.21. The van der Waals surface area contributed by atoms with Gasteiger partial charge in [0.05, 0.1) is 11.0 Å². The largest absolute Gasteiger partial charge is 0.396 e. The van der Waals surface area contributed by atoms with Crippen LogP contribution in [0.15, 0.2) is 42.5 Å². The van der Waals surface area contributed by atoms with Crippen LogP contribution in [0.3, 0.4) is 0 Å². The van der Waals surface area contributed by atoms with Gasteiger partial charge in [-0.2, -0.15) is 0 Å². The third-order valence-electron chi connectivity index (χ3n) is 3.48. The molecule has 0 aliphatic carbocycles. The molecule has 0 atom stereocenters. The molecule has 2 aromatic carbocycles. The van der Waals surface area contributed by atoms with Gasteiger partial charge in [-0.25, -0.2) is 4.98 Å². The van der Waals surface area contributed by atoms with Gasteiger partial charge < -0.3 is 5.11 Å². The number of aliphatic hydroxyl groups is 1. The molecule has 0 amide bonds. The summed E-state index contributed by atoms with van der Waals surface area (Å²) < 4.78 is 2.19. The highest BCUT2D eigenvalue weighted by Crippen LogP contribution is 2.22. The van der Waals surface area contributed by atoms with Crippen LogP contribution in [-0.2, 0) is 12.8 Å². The Morgan fingerprint density at radius 3 is 2.70 bits per heavy atom. The quantitative estimate of drug-likeness (QED) is 0.787. The molecule has 101 valence electrons. The van der Waals surface area contributed by atoms with E-state index in [0.29, 0.717) is 6.42 Å². The van der Waals surface area contributed by atoms with Gasteiger partial charge in [0.15, 0.2) is 0 Å². The highest BCUT2D eigenvalue weighted by Gasteiger charge is 2.10. The second-order valence-corrected chi connectivity index (χ2v) is 4.77. The van der Waals surface area contributed by atoms with Gasteiger partial charge in [-0.15, -0.1) is 0 Å². The molecule has 1 aromatic heterocycles. The average Bonchev–Trinajstić information content (AvgIpc) is 2.87. The lowest BCUT2D eigenvalue weighted by atomic mass is 10.1. The Morgan fingerprint density at radius 2 is 2.00 bits per heavy atom. The lowest BCUT2D eigenvalue weighted by Gasteiger charge is -2.09. The minimum atomic E-state index is 0.184. The normalized spacial score (nSPS) is 11.1. The standard InChI is InChI=1S/C17H17N2O/c1-2-17-18-15-5-3-4-6-16(15)19(17)14-9-7-13(8-10-14)11-12-20/h4-10,20H,2,11-12H2,1H3. The van der Waals surface area contributed by atoms with Gasteiger partial charge in [-0.1, -0.05) is 25.1 Å². The van der Waals surface area contributed by atoms with E-state index in [1.165, 1.54) is 0 Å². The zero-order valence-electron chi connectivity index (χ0n) is 11.5. The highest BCUT2D eigenvalue weighted by molar-refractivity contribution is 5.78. The second kappa shape index (κ2) is 5.47. The molecule has 0 unspecified atom stereocenters. The van der Waals surface area contributed by atoms with Crippen molar-refractivity contribution >= 4 is 11.0 Å². The first kappa shape index (κ1) is 12.9. The summed E-state index contributed by atoms with van der Waals surface area (Å²) in [6.45, 7) is 2.30. The van der Waals surface area contributed by atoms with E-state index in [1.54, 1.807) is 0 Å². The van der Waals surface area contributed by atoms with Gasteiger partial charge in [0.2, 0.25) is 0 Å². The maximum atomic E-state index is 8.98. The van der Waals surface area contributed by atoms with Crippen molar-refractivity contribution in [2.24, 2.45) is 0 Å². The Kier molecular flexibility index (Phi) is 3.52. The van der Waals surface area contributed by atoms with Gasteiger partial charge in [0, 0.05) is 18.7 Å². The van der Waals surface area contributed by atoms with Gasteiger partial charge in [0.25, 0.3) is 0 Å². The number of aliphatic hydroxyl groups excluding tert-OH is 1. The Balaban J connectivity index is 2.12. The van der Waals surface area contributed by atoms with Crippen LogP contribution in [0.25, 0.3) is 16.7 Å². The van der Waals surface area contributed by atoms with Crippen LogP contribution in [0.2, 0.25) is 0 Å². The zero-order valence-corrected chi connectivity index (χ0v) is 11.5. The number of fused-ring (bicyclic) bond motifs is 1. The summed E-state index contributed by atoms with van der Waals surface area (Å²) in [4.78, 5) is 4.66. The average molecular weight is 265 g/mol. The van der Waals surface area contributed by atoms with E-state index in [2.05, 4.69) is 46.8 Å². The summed E-state index contributed by atoms with van der Waals surface area (Å²) in [5.74, 6) is 1.05. The van der Waals surface area contributed by atoms with E-state index < -0.39 is 0 Å². The first-order valence-electron chi connectivity index (χ1n) is 6.91. The van der Waals surface area contributed by atoms with Gasteiger partial charge in [0.1, 0.15) is 5.82 Å². The van der Waals surface area contributed by atoms with Crippen molar-refractivity contribution in [2.45, 2.75) is 19.8 Å². The first-order chi connectivity index (χ1) is 9.83. The van der Waals surface area contributed by atoms with E-state index in [4.69, 9.17) is 5.11 Å². The molecule has 0 bridgehead atoms. The third-order valence-corrected chi connectivity index (χ3v) is 3.48. The zero-order chi connectivity index (χ0) is 13.9. The van der Waals surface area contributed by atoms with Crippen LogP contribution in [0, 0.1) is 6.07 Å². The number of hydrogen-bond donors (Lipinski definition) is 1. The Labute approximate surface area is 118 Å². The summed E-state index contributed by atoms with van der Waals surface area (Å²) in [6, 6.07) is 17.3. The molecule has 20 heavy (non-hydrogen) atoms. The van der Waals surface area contributed by atoms with Crippen molar-refractivity contribution in [1.82, 2.24) is 9.55 Å². The molecule has 0 aliphatic heterocycles. The fourth-order valence-electron chi connectivity index (χ4n) is 2.49. The second-order valence-electron chi connectivity index (χ2n) is 4.77. The van der Waals surface area contributed by atoms with E-state index in [-0.39, 0.29) is 6.61 Å². The summed E-state index contributed by atoms with van der Waals surface area (Å²) in [5.41, 5.74) is 4.34. The van der Waals surface area contributed by atoms with Crippen LogP contribution < -0.4 is 0 Å². The lowest BCUT2D eigenvalue weighted by molar-refractivity contribution is 0.299. The number of benzene rings is 2. The number of aryl methyl sites for hydroxylation is 1. The molecule has 0 fully saturated rings. The molecule has 0 spiro atoms. The van der Waals surface area contributed by atoms with E-state index in [0.717, 1.165) is 34.5 Å². The number of hydrogen-bond acceptors (Lipinski definition) is 2. The maximum absolute atomic E-state index is 8.98. The summed E-state index contributed by atoms with van der Waals surface area (Å²) in [7, 11) is 0. The Bertz CT molecular complexity index is 713. The highest BCUT2D eigenvalue weighted by atomic mass is 16.2. The number of rotatable bonds is 4. The smallest absolute Gasteiger partial charge is 0.114 e. The monoisotopic (exact) mass is 265 g/mol. The van der Waals surface area contributed by atoms with Crippen LogP contribution in [0.1, 0.15) is 18.3 Å². The van der Waals surface area contributed by atoms with Gasteiger partial charge in [-0.3, -0.25) is 4.57 Å². The minimum absolute atomic E-state index is 0.184. The van der Waals surface area contributed by atoms with Crippen molar-refractivity contribution in [3.63, 3.8) is 0 Å². The molecule has 0 saturated heterocycles. The van der Waals surface area contributed by atoms with Crippen LogP contribution in [-0.4, -0.2) is 21.3 Å². The van der Waals surface area contributed by atoms with Crippen molar-refractivity contribution in [3.8, 4) is 5.69 Å². The fraction of sp³-hybridized carbons (Fsp3) is 0.235. The number of imidazole rings is 1. The summed E-state index contributed by atoms with van der Waals surface area (Å²) in [5, 5.41) is 8.98. The lowest BCUT2D eigenvalue weighted by Crippen LogP contribution is -2.00. The molecule has 3 aromatic rings. The molecular formula is C17H17N2O. The van der Waals surface area contributed by atoms with E-state index >= 15 is 0 Å². The van der Waals surface area contributed by atoms with E-state index in [9.17, 15) is 0 Å². The van der Waals surface area contributed by atoms with Crippen LogP contribution >= 0.6 is 0 Å². The maximum Gasteiger partial charge on any atom is 0.114 e. The molecule has 1 heterocycles. The summed E-state index contributed by atoms with van der Waals surface area (Å²) >= 11 is 0. The van der Waals surface area contributed by atoms with Gasteiger partial charge >= 0.3 is 0 Å². The predicted molar refractivity (Wildman–Crippen MR) is 80.1 cm³/mol. The predicted octanol–water partition coefficient (Wildman–Crippen LogP) is 2.92. The van der Waals surface area contributed by atoms with Crippen molar-refractivity contribution in [2.75, 3.05) is 6.61 Å². The number of aromatic nitrogens is 2. The molecule has 0 saturated carbocycles. The topological polar surface area (TPSA) is 38.0 Å². The SMILES string of the molecule is CCc1nc2c[c]ccc2n1-c1ccc(CCO)cc1. The van der Waals surface area contributed by atoms with Crippen molar-refractivity contribution in [1.29, 1.82) is 0 Å². The molecule has 3 heteroatoms. The molecule has 0 aliphatic rings. The summed E-state index contributed by atoms with van der Waals surface area (Å²) in [6.07, 6.45) is 1.58. The van der Waals surface area contributed by atoms with Crippen LogP contribution in [0.4, 0.5) is 0 Å². The molecule has 3 nitrogen and oxygen atoms in total. The molecular weight excluding hydrogens is 248 g/mol. The van der Waals surface area contributed by atoms with Crippen molar-refractivity contribution in [3.05, 3.63) is 59.9 Å². The number of nitrogens with zero attached hydrogens (tertiary/aromatic N) is 2. The Morgan fingerprint density at radius 1 is 1.20 bits per heavy atom. The minimum Gasteiger partial charge on any atom is -0.396 e. The fourth-order valence-corrected chi connectivity index (χ4v) is 2.49. The Hall–Kier alpha value is -2.13. The van der Waals surface area contributed by atoms with Crippen molar-refractivity contribution < 1.29 is 5.11 Å². The molecule has 3 rings (SSSR count). The van der Waals surface area contributed by atoms with Gasteiger partial charge in [-0.05, 0) is 42.3 Å². The molecule has 1 N–H and O–H groups in total.